The fourth-order valence-corrected chi connectivity index (χ4v) is 1.71. The van der Waals surface area contributed by atoms with Crippen LogP contribution < -0.4 is 0 Å². The monoisotopic (exact) mass is 268 g/mol. The number of pyridine rings is 1. The van der Waals surface area contributed by atoms with Gasteiger partial charge in [-0.05, 0) is 45.7 Å². The highest BCUT2D eigenvalue weighted by molar-refractivity contribution is 9.10. The fourth-order valence-electron chi connectivity index (χ4n) is 0.971. The van der Waals surface area contributed by atoms with E-state index in [1.807, 2.05) is 0 Å². The lowest BCUT2D eigenvalue weighted by Crippen LogP contribution is -2.03. The van der Waals surface area contributed by atoms with Crippen LogP contribution >= 0.6 is 27.5 Å². The Morgan fingerprint density at radius 2 is 2.14 bits per heavy atom. The van der Waals surface area contributed by atoms with Gasteiger partial charge >= 0.3 is 0 Å². The van der Waals surface area contributed by atoms with Crippen LogP contribution in [0.25, 0.3) is 0 Å². The first kappa shape index (κ1) is 9.48. The molecule has 0 atom stereocenters. The molecule has 0 bridgehead atoms. The predicted octanol–water partition coefficient (Wildman–Crippen LogP) is 2.53. The number of hydrogen-bond donors (Lipinski definition) is 0. The summed E-state index contributed by atoms with van der Waals surface area (Å²) in [5.74, 6) is -0.140. The molecule has 0 spiro atoms. The molecule has 70 valence electrons. The Morgan fingerprint density at radius 1 is 1.29 bits per heavy atom. The fraction of sp³-hybridized carbons (Fsp3) is 0. The van der Waals surface area contributed by atoms with Crippen LogP contribution in [-0.2, 0) is 0 Å². The van der Waals surface area contributed by atoms with Crippen molar-refractivity contribution < 1.29 is 4.79 Å². The van der Waals surface area contributed by atoms with Gasteiger partial charge in [-0.2, -0.15) is 4.37 Å². The minimum absolute atomic E-state index is 0.140. The van der Waals surface area contributed by atoms with Gasteiger partial charge in [0.05, 0.1) is 0 Å². The number of ketones is 1. The Bertz CT molecular complexity index is 438. The third-order valence-electron chi connectivity index (χ3n) is 1.63. The lowest BCUT2D eigenvalue weighted by atomic mass is 10.2. The van der Waals surface area contributed by atoms with Gasteiger partial charge in [-0.15, -0.1) is 0 Å². The Labute approximate surface area is 93.1 Å². The molecule has 0 radical (unpaired) electrons. The minimum Gasteiger partial charge on any atom is -0.285 e. The molecule has 0 unspecified atom stereocenters. The molecule has 5 heteroatoms. The molecule has 0 aliphatic heterocycles. The highest BCUT2D eigenvalue weighted by Gasteiger charge is 2.11. The lowest BCUT2D eigenvalue weighted by Gasteiger charge is -1.95. The number of aromatic nitrogens is 2. The highest BCUT2D eigenvalue weighted by atomic mass is 79.9. The van der Waals surface area contributed by atoms with Crippen LogP contribution in [0.2, 0.25) is 0 Å². The molecule has 0 fully saturated rings. The maximum atomic E-state index is 11.7. The summed E-state index contributed by atoms with van der Waals surface area (Å²) in [7, 11) is 0. The van der Waals surface area contributed by atoms with Crippen LogP contribution in [-0.4, -0.2) is 15.1 Å². The third-order valence-corrected chi connectivity index (χ3v) is 2.66. The van der Waals surface area contributed by atoms with Crippen LogP contribution in [0.4, 0.5) is 0 Å². The number of hydrogen-bond acceptors (Lipinski definition) is 4. The average Bonchev–Trinajstić information content (AvgIpc) is 2.71. The van der Waals surface area contributed by atoms with Gasteiger partial charge in [-0.1, -0.05) is 0 Å². The first-order chi connectivity index (χ1) is 6.77. The Morgan fingerprint density at radius 3 is 2.71 bits per heavy atom. The van der Waals surface area contributed by atoms with E-state index >= 15 is 0 Å². The molecule has 2 heterocycles. The van der Waals surface area contributed by atoms with E-state index in [1.54, 1.807) is 29.8 Å². The van der Waals surface area contributed by atoms with Gasteiger partial charge in [0, 0.05) is 16.0 Å². The van der Waals surface area contributed by atoms with Gasteiger partial charge in [0.25, 0.3) is 0 Å². The van der Waals surface area contributed by atoms with Gasteiger partial charge in [-0.25, -0.2) is 0 Å². The number of carbonyl (C=O) groups is 1. The summed E-state index contributed by atoms with van der Waals surface area (Å²) >= 11 is 4.51. The van der Waals surface area contributed by atoms with Crippen LogP contribution in [0.3, 0.4) is 0 Å². The SMILES string of the molecule is O=C(c1ccc(Br)cn1)c1ccsn1. The molecule has 0 amide bonds. The summed E-state index contributed by atoms with van der Waals surface area (Å²) in [4.78, 5) is 15.7. The maximum absolute atomic E-state index is 11.7. The Balaban J connectivity index is 2.33. The van der Waals surface area contributed by atoms with E-state index in [4.69, 9.17) is 0 Å². The Hall–Kier alpha value is -1.07. The van der Waals surface area contributed by atoms with Crippen molar-refractivity contribution in [1.82, 2.24) is 9.36 Å². The maximum Gasteiger partial charge on any atom is 0.230 e. The van der Waals surface area contributed by atoms with E-state index in [2.05, 4.69) is 25.3 Å². The van der Waals surface area contributed by atoms with Crippen molar-refractivity contribution in [3.8, 4) is 0 Å². The molecule has 0 saturated carbocycles. The third kappa shape index (κ3) is 1.88. The van der Waals surface area contributed by atoms with Crippen molar-refractivity contribution in [1.29, 1.82) is 0 Å². The van der Waals surface area contributed by atoms with Crippen molar-refractivity contribution in [2.45, 2.75) is 0 Å². The standard InChI is InChI=1S/C9H5BrN2OS/c10-6-1-2-7(11-5-6)9(13)8-3-4-14-12-8/h1-5H. The molecule has 0 saturated heterocycles. The van der Waals surface area contributed by atoms with Crippen molar-refractivity contribution in [2.24, 2.45) is 0 Å². The molecule has 14 heavy (non-hydrogen) atoms. The van der Waals surface area contributed by atoms with Gasteiger partial charge < -0.3 is 0 Å². The average molecular weight is 269 g/mol. The molecule has 0 aliphatic rings. The zero-order valence-electron chi connectivity index (χ0n) is 6.98. The lowest BCUT2D eigenvalue weighted by molar-refractivity contribution is 0.103. The quantitative estimate of drug-likeness (QED) is 0.787. The minimum atomic E-state index is -0.140. The van der Waals surface area contributed by atoms with Crippen LogP contribution in [0.5, 0.6) is 0 Å². The molecule has 2 aromatic rings. The largest absolute Gasteiger partial charge is 0.285 e. The normalized spacial score (nSPS) is 10.1. The van der Waals surface area contributed by atoms with Crippen LogP contribution in [0.1, 0.15) is 16.2 Å². The van der Waals surface area contributed by atoms with E-state index in [9.17, 15) is 4.79 Å². The van der Waals surface area contributed by atoms with Crippen molar-refractivity contribution in [3.05, 3.63) is 45.6 Å². The smallest absolute Gasteiger partial charge is 0.230 e. The summed E-state index contributed by atoms with van der Waals surface area (Å²) in [6.45, 7) is 0. The summed E-state index contributed by atoms with van der Waals surface area (Å²) in [6, 6.07) is 5.15. The number of carbonyl (C=O) groups excluding carboxylic acids is 1. The summed E-state index contributed by atoms with van der Waals surface area (Å²) in [6.07, 6.45) is 1.60. The van der Waals surface area contributed by atoms with E-state index in [0.29, 0.717) is 11.4 Å². The Kier molecular flexibility index (Phi) is 2.69. The van der Waals surface area contributed by atoms with E-state index in [0.717, 1.165) is 4.47 Å². The number of halogens is 1. The highest BCUT2D eigenvalue weighted by Crippen LogP contribution is 2.11. The molecular formula is C9H5BrN2OS. The molecule has 2 rings (SSSR count). The van der Waals surface area contributed by atoms with E-state index in [-0.39, 0.29) is 5.78 Å². The van der Waals surface area contributed by atoms with Crippen LogP contribution in [0.15, 0.2) is 34.2 Å². The second-order valence-electron chi connectivity index (χ2n) is 2.58. The van der Waals surface area contributed by atoms with E-state index < -0.39 is 0 Å². The van der Waals surface area contributed by atoms with E-state index in [1.165, 1.54) is 11.5 Å². The molecule has 3 nitrogen and oxygen atoms in total. The first-order valence-corrected chi connectivity index (χ1v) is 5.47. The summed E-state index contributed by atoms with van der Waals surface area (Å²) in [5.41, 5.74) is 0.865. The second kappa shape index (κ2) is 3.98. The zero-order chi connectivity index (χ0) is 9.97. The second-order valence-corrected chi connectivity index (χ2v) is 4.16. The zero-order valence-corrected chi connectivity index (χ0v) is 9.38. The molecule has 0 aliphatic carbocycles. The van der Waals surface area contributed by atoms with Crippen molar-refractivity contribution >= 4 is 33.2 Å². The summed E-state index contributed by atoms with van der Waals surface area (Å²) < 4.78 is 4.81. The molecule has 0 N–H and O–H groups in total. The van der Waals surface area contributed by atoms with Crippen molar-refractivity contribution in [3.63, 3.8) is 0 Å². The molecule has 2 aromatic heterocycles. The van der Waals surface area contributed by atoms with Gasteiger partial charge in [0.2, 0.25) is 5.78 Å². The summed E-state index contributed by atoms with van der Waals surface area (Å²) in [5, 5.41) is 1.77. The first-order valence-electron chi connectivity index (χ1n) is 3.84. The van der Waals surface area contributed by atoms with Gasteiger partial charge in [0.15, 0.2) is 0 Å². The molecular weight excluding hydrogens is 264 g/mol. The van der Waals surface area contributed by atoms with Gasteiger partial charge in [0.1, 0.15) is 11.4 Å². The number of nitrogens with zero attached hydrogens (tertiary/aromatic N) is 2. The van der Waals surface area contributed by atoms with Crippen molar-refractivity contribution in [2.75, 3.05) is 0 Å². The topological polar surface area (TPSA) is 42.9 Å². The number of rotatable bonds is 2. The molecule has 0 aromatic carbocycles. The predicted molar refractivity (Wildman–Crippen MR) is 57.5 cm³/mol. The van der Waals surface area contributed by atoms with Gasteiger partial charge in [-0.3, -0.25) is 9.78 Å². The van der Waals surface area contributed by atoms with Crippen LogP contribution in [0, 0.1) is 0 Å².